The van der Waals surface area contributed by atoms with Crippen molar-refractivity contribution in [2.75, 3.05) is 7.05 Å². The molecule has 4 aromatic rings. The summed E-state index contributed by atoms with van der Waals surface area (Å²) >= 11 is 0. The summed E-state index contributed by atoms with van der Waals surface area (Å²) < 4.78 is 6.73. The smallest absolute Gasteiger partial charge is 0.257 e. The highest BCUT2D eigenvalue weighted by Crippen LogP contribution is 2.23. The van der Waals surface area contributed by atoms with Gasteiger partial charge in [0.2, 0.25) is 0 Å². The molecule has 0 aliphatic rings. The van der Waals surface area contributed by atoms with Gasteiger partial charge < -0.3 is 14.5 Å². The lowest BCUT2D eigenvalue weighted by atomic mass is 10.1. The average Bonchev–Trinajstić information content (AvgIpc) is 3.41. The molecule has 0 aliphatic heterocycles. The zero-order valence-electron chi connectivity index (χ0n) is 14.8. The molecule has 0 aliphatic carbocycles. The maximum Gasteiger partial charge on any atom is 0.257 e. The van der Waals surface area contributed by atoms with Crippen molar-refractivity contribution in [2.24, 2.45) is 0 Å². The van der Waals surface area contributed by atoms with Crippen LogP contribution in [0.3, 0.4) is 0 Å². The van der Waals surface area contributed by atoms with Gasteiger partial charge in [-0.25, -0.2) is 4.68 Å². The van der Waals surface area contributed by atoms with E-state index in [1.165, 1.54) is 28.0 Å². The van der Waals surface area contributed by atoms with Crippen LogP contribution in [0.15, 0.2) is 59.6 Å². The molecule has 4 rings (SSSR count). The first-order chi connectivity index (χ1) is 13.6. The number of carbonyl (C=O) groups is 1. The number of pyridine rings is 1. The molecule has 3 aromatic heterocycles. The summed E-state index contributed by atoms with van der Waals surface area (Å²) in [5.41, 5.74) is 2.20. The van der Waals surface area contributed by atoms with Crippen LogP contribution >= 0.6 is 0 Å². The summed E-state index contributed by atoms with van der Waals surface area (Å²) in [6.45, 7) is 0.186. The van der Waals surface area contributed by atoms with Crippen molar-refractivity contribution in [3.05, 3.63) is 66.4 Å². The molecule has 0 unspecified atom stereocenters. The maximum absolute atomic E-state index is 12.8. The minimum Gasteiger partial charge on any atom is -0.507 e. The van der Waals surface area contributed by atoms with Gasteiger partial charge in [-0.05, 0) is 40.8 Å². The van der Waals surface area contributed by atoms with Crippen LogP contribution in [0, 0.1) is 0 Å². The Labute approximate surface area is 159 Å². The van der Waals surface area contributed by atoms with Gasteiger partial charge in [-0.15, -0.1) is 5.10 Å². The van der Waals surface area contributed by atoms with Gasteiger partial charge >= 0.3 is 0 Å². The lowest BCUT2D eigenvalue weighted by molar-refractivity contribution is 0.0769. The second-order valence-electron chi connectivity index (χ2n) is 6.03. The number of benzene rings is 1. The fourth-order valence-electron chi connectivity index (χ4n) is 2.67. The van der Waals surface area contributed by atoms with Crippen molar-refractivity contribution >= 4 is 5.91 Å². The number of hydrogen-bond acceptors (Lipinski definition) is 8. The quantitative estimate of drug-likeness (QED) is 0.557. The molecule has 0 bridgehead atoms. The Morgan fingerprint density at radius 1 is 1.21 bits per heavy atom. The summed E-state index contributed by atoms with van der Waals surface area (Å²) in [7, 11) is 1.61. The van der Waals surface area contributed by atoms with E-state index >= 15 is 0 Å². The van der Waals surface area contributed by atoms with Crippen LogP contribution in [0.25, 0.3) is 16.9 Å². The van der Waals surface area contributed by atoms with Crippen LogP contribution in [0.5, 0.6) is 5.75 Å². The number of amides is 1. The lowest BCUT2D eigenvalue weighted by Gasteiger charge is -2.16. The maximum atomic E-state index is 12.8. The summed E-state index contributed by atoms with van der Waals surface area (Å²) in [4.78, 5) is 18.2. The molecule has 140 valence electrons. The standard InChI is InChI=1S/C18H15N7O3/c1-24(10-14-9-16(21-28-14)12-4-6-19-7-5-12)18(27)15-8-13(2-3-17(15)26)25-11-20-22-23-25/h2-9,11,26H,10H2,1H3. The fourth-order valence-corrected chi connectivity index (χ4v) is 2.67. The number of nitrogens with zero attached hydrogens (tertiary/aromatic N) is 7. The van der Waals surface area contributed by atoms with E-state index in [-0.39, 0.29) is 23.8 Å². The first-order valence-corrected chi connectivity index (χ1v) is 8.29. The summed E-state index contributed by atoms with van der Waals surface area (Å²) in [6.07, 6.45) is 4.74. The normalized spacial score (nSPS) is 10.8. The Hall–Kier alpha value is -4.08. The predicted octanol–water partition coefficient (Wildman–Crippen LogP) is 1.69. The van der Waals surface area contributed by atoms with Crippen LogP contribution in [-0.2, 0) is 6.54 Å². The minimum atomic E-state index is -0.380. The first-order valence-electron chi connectivity index (χ1n) is 8.29. The molecule has 0 atom stereocenters. The minimum absolute atomic E-state index is 0.129. The van der Waals surface area contributed by atoms with E-state index in [1.807, 2.05) is 12.1 Å². The molecule has 1 N–H and O–H groups in total. The summed E-state index contributed by atoms with van der Waals surface area (Å²) in [6, 6.07) is 9.95. The highest BCUT2D eigenvalue weighted by atomic mass is 16.5. The van der Waals surface area contributed by atoms with E-state index in [9.17, 15) is 9.90 Å². The van der Waals surface area contributed by atoms with Crippen molar-refractivity contribution in [2.45, 2.75) is 6.54 Å². The Balaban J connectivity index is 1.53. The zero-order valence-corrected chi connectivity index (χ0v) is 14.8. The van der Waals surface area contributed by atoms with E-state index in [1.54, 1.807) is 31.6 Å². The van der Waals surface area contributed by atoms with Crippen molar-refractivity contribution < 1.29 is 14.4 Å². The average molecular weight is 377 g/mol. The van der Waals surface area contributed by atoms with Crippen LogP contribution < -0.4 is 0 Å². The van der Waals surface area contributed by atoms with Gasteiger partial charge in [-0.2, -0.15) is 0 Å². The van der Waals surface area contributed by atoms with Gasteiger partial charge in [0.1, 0.15) is 17.8 Å². The third kappa shape index (κ3) is 3.43. The van der Waals surface area contributed by atoms with Gasteiger partial charge in [0.05, 0.1) is 17.8 Å². The number of aromatic hydroxyl groups is 1. The van der Waals surface area contributed by atoms with Gasteiger partial charge in [0, 0.05) is 31.1 Å². The number of aromatic nitrogens is 6. The Morgan fingerprint density at radius 2 is 2.04 bits per heavy atom. The number of rotatable bonds is 5. The number of phenols is 1. The third-order valence-electron chi connectivity index (χ3n) is 4.10. The van der Waals surface area contributed by atoms with Crippen molar-refractivity contribution in [3.8, 4) is 22.7 Å². The van der Waals surface area contributed by atoms with E-state index < -0.39 is 0 Å². The second kappa shape index (κ2) is 7.27. The first kappa shape index (κ1) is 17.3. The SMILES string of the molecule is CN(Cc1cc(-c2ccncc2)no1)C(=O)c1cc(-n2cnnn2)ccc1O. The van der Waals surface area contributed by atoms with Gasteiger partial charge in [-0.3, -0.25) is 9.78 Å². The number of phenolic OH excluding ortho intramolecular Hbond substituents is 1. The van der Waals surface area contributed by atoms with Gasteiger partial charge in [0.15, 0.2) is 5.76 Å². The molecule has 0 spiro atoms. The summed E-state index contributed by atoms with van der Waals surface area (Å²) in [5, 5.41) is 25.1. The Bertz CT molecular complexity index is 1090. The highest BCUT2D eigenvalue weighted by Gasteiger charge is 2.19. The molecule has 0 saturated carbocycles. The molecule has 0 fully saturated rings. The second-order valence-corrected chi connectivity index (χ2v) is 6.03. The Kier molecular flexibility index (Phi) is 4.50. The van der Waals surface area contributed by atoms with Gasteiger partial charge in [-0.1, -0.05) is 5.16 Å². The van der Waals surface area contributed by atoms with Crippen LogP contribution in [-0.4, -0.2) is 53.3 Å². The van der Waals surface area contributed by atoms with Gasteiger partial charge in [0.25, 0.3) is 5.91 Å². The van der Waals surface area contributed by atoms with E-state index in [0.29, 0.717) is 17.1 Å². The molecule has 0 saturated heterocycles. The molecule has 10 nitrogen and oxygen atoms in total. The topological polar surface area (TPSA) is 123 Å². The van der Waals surface area contributed by atoms with Crippen LogP contribution in [0.4, 0.5) is 0 Å². The van der Waals surface area contributed by atoms with Crippen molar-refractivity contribution in [1.29, 1.82) is 0 Å². The highest BCUT2D eigenvalue weighted by molar-refractivity contribution is 5.97. The number of carbonyl (C=O) groups excluding carboxylic acids is 1. The monoisotopic (exact) mass is 377 g/mol. The van der Waals surface area contributed by atoms with E-state index in [2.05, 4.69) is 25.7 Å². The zero-order chi connectivity index (χ0) is 19.5. The fraction of sp³-hybridized carbons (Fsp3) is 0.111. The van der Waals surface area contributed by atoms with Crippen molar-refractivity contribution in [3.63, 3.8) is 0 Å². The van der Waals surface area contributed by atoms with E-state index in [0.717, 1.165) is 5.56 Å². The van der Waals surface area contributed by atoms with E-state index in [4.69, 9.17) is 4.52 Å². The van der Waals surface area contributed by atoms with Crippen LogP contribution in [0.2, 0.25) is 0 Å². The van der Waals surface area contributed by atoms with Crippen molar-refractivity contribution in [1.82, 2.24) is 35.2 Å². The molecule has 1 amide bonds. The molecule has 28 heavy (non-hydrogen) atoms. The molecule has 3 heterocycles. The molecular formula is C18H15N7O3. The Morgan fingerprint density at radius 3 is 2.79 bits per heavy atom. The largest absolute Gasteiger partial charge is 0.507 e. The predicted molar refractivity (Wildman–Crippen MR) is 96.4 cm³/mol. The van der Waals surface area contributed by atoms with Crippen LogP contribution in [0.1, 0.15) is 16.1 Å². The summed E-state index contributed by atoms with van der Waals surface area (Å²) in [5.74, 6) is -0.00297. The number of hydrogen-bond donors (Lipinski definition) is 1. The molecular weight excluding hydrogens is 362 g/mol. The third-order valence-corrected chi connectivity index (χ3v) is 4.10. The lowest BCUT2D eigenvalue weighted by Crippen LogP contribution is -2.26. The molecule has 1 aromatic carbocycles. The molecule has 10 heteroatoms. The number of tetrazole rings is 1. The molecule has 0 radical (unpaired) electrons.